The molecule has 0 aliphatic heterocycles. The number of amides is 2. The van der Waals surface area contributed by atoms with Crippen molar-refractivity contribution in [3.05, 3.63) is 35.9 Å². The van der Waals surface area contributed by atoms with Crippen molar-refractivity contribution in [3.8, 4) is 0 Å². The Labute approximate surface area is 166 Å². The number of benzene rings is 1. The summed E-state index contributed by atoms with van der Waals surface area (Å²) in [6.45, 7) is 4.10. The van der Waals surface area contributed by atoms with Crippen LogP contribution < -0.4 is 22.1 Å². The lowest BCUT2D eigenvalue weighted by molar-refractivity contribution is -0.142. The van der Waals surface area contributed by atoms with E-state index in [0.29, 0.717) is 25.8 Å². The highest BCUT2D eigenvalue weighted by Gasteiger charge is 2.28. The molecule has 0 heterocycles. The number of carbonyl (C=O) groups is 3. The zero-order chi connectivity index (χ0) is 21.1. The Hall–Kier alpha value is -2.45. The lowest BCUT2D eigenvalue weighted by Gasteiger charge is -2.24. The Morgan fingerprint density at radius 1 is 1.00 bits per heavy atom. The van der Waals surface area contributed by atoms with Crippen molar-refractivity contribution < 1.29 is 19.5 Å². The second kappa shape index (κ2) is 12.1. The average Bonchev–Trinajstić information content (AvgIpc) is 2.66. The summed E-state index contributed by atoms with van der Waals surface area (Å²) in [5.41, 5.74) is 12.2. The number of rotatable bonds is 12. The first-order valence-corrected chi connectivity index (χ1v) is 9.59. The van der Waals surface area contributed by atoms with Gasteiger partial charge in [-0.05, 0) is 37.3 Å². The monoisotopic (exact) mass is 392 g/mol. The topological polar surface area (TPSA) is 148 Å². The molecule has 0 saturated heterocycles. The van der Waals surface area contributed by atoms with E-state index in [1.165, 1.54) is 0 Å². The SMILES string of the molecule is CC(C)[C@H](N)C(=O)N[C@@H](CCCCN)C(=O)N[C@@H](Cc1ccccc1)C(=O)O. The van der Waals surface area contributed by atoms with Gasteiger partial charge in [-0.3, -0.25) is 9.59 Å². The molecule has 1 aromatic carbocycles. The highest BCUT2D eigenvalue weighted by Crippen LogP contribution is 2.07. The number of carbonyl (C=O) groups excluding carboxylic acids is 2. The minimum Gasteiger partial charge on any atom is -0.480 e. The molecule has 1 aromatic rings. The maximum absolute atomic E-state index is 12.7. The van der Waals surface area contributed by atoms with E-state index >= 15 is 0 Å². The lowest BCUT2D eigenvalue weighted by atomic mass is 10.0. The van der Waals surface area contributed by atoms with Crippen molar-refractivity contribution in [2.75, 3.05) is 6.54 Å². The first kappa shape index (κ1) is 23.6. The van der Waals surface area contributed by atoms with E-state index in [1.807, 2.05) is 19.9 Å². The molecule has 0 unspecified atom stereocenters. The van der Waals surface area contributed by atoms with Gasteiger partial charge in [0.05, 0.1) is 6.04 Å². The van der Waals surface area contributed by atoms with Crippen molar-refractivity contribution in [2.24, 2.45) is 17.4 Å². The summed E-state index contributed by atoms with van der Waals surface area (Å²) in [7, 11) is 0. The number of nitrogens with two attached hydrogens (primary N) is 2. The molecular formula is C20H32N4O4. The molecule has 8 nitrogen and oxygen atoms in total. The third kappa shape index (κ3) is 8.06. The smallest absolute Gasteiger partial charge is 0.326 e. The zero-order valence-electron chi connectivity index (χ0n) is 16.6. The molecule has 1 rings (SSSR count). The van der Waals surface area contributed by atoms with Crippen molar-refractivity contribution in [3.63, 3.8) is 0 Å². The molecule has 0 aromatic heterocycles. The number of hydrogen-bond acceptors (Lipinski definition) is 5. The average molecular weight is 393 g/mol. The molecular weight excluding hydrogens is 360 g/mol. The molecule has 0 radical (unpaired) electrons. The van der Waals surface area contributed by atoms with Gasteiger partial charge in [-0.15, -0.1) is 0 Å². The fourth-order valence-corrected chi connectivity index (χ4v) is 2.65. The van der Waals surface area contributed by atoms with Gasteiger partial charge in [-0.2, -0.15) is 0 Å². The molecule has 3 atom stereocenters. The van der Waals surface area contributed by atoms with E-state index in [2.05, 4.69) is 10.6 Å². The van der Waals surface area contributed by atoms with Gasteiger partial charge in [0.15, 0.2) is 0 Å². The van der Waals surface area contributed by atoms with E-state index in [0.717, 1.165) is 5.56 Å². The van der Waals surface area contributed by atoms with Gasteiger partial charge in [0, 0.05) is 6.42 Å². The van der Waals surface area contributed by atoms with Crippen LogP contribution >= 0.6 is 0 Å². The van der Waals surface area contributed by atoms with Crippen LogP contribution in [0.15, 0.2) is 30.3 Å². The van der Waals surface area contributed by atoms with Crippen LogP contribution in [0.3, 0.4) is 0 Å². The Morgan fingerprint density at radius 3 is 2.14 bits per heavy atom. The fourth-order valence-electron chi connectivity index (χ4n) is 2.65. The molecule has 0 aliphatic rings. The first-order valence-electron chi connectivity index (χ1n) is 9.59. The second-order valence-corrected chi connectivity index (χ2v) is 7.20. The minimum atomic E-state index is -1.14. The van der Waals surface area contributed by atoms with Gasteiger partial charge in [-0.25, -0.2) is 4.79 Å². The maximum atomic E-state index is 12.7. The molecule has 7 N–H and O–H groups in total. The fraction of sp³-hybridized carbons (Fsp3) is 0.550. The van der Waals surface area contributed by atoms with Crippen LogP contribution in [0.1, 0.15) is 38.7 Å². The van der Waals surface area contributed by atoms with Gasteiger partial charge < -0.3 is 27.2 Å². The summed E-state index contributed by atoms with van der Waals surface area (Å²) in [6, 6.07) is 6.33. The van der Waals surface area contributed by atoms with Gasteiger partial charge in [-0.1, -0.05) is 44.2 Å². The summed E-state index contributed by atoms with van der Waals surface area (Å²) in [5, 5.41) is 14.7. The molecule has 0 fully saturated rings. The van der Waals surface area contributed by atoms with Crippen LogP contribution in [0.5, 0.6) is 0 Å². The van der Waals surface area contributed by atoms with Crippen molar-refractivity contribution in [1.29, 1.82) is 0 Å². The number of hydrogen-bond donors (Lipinski definition) is 5. The third-order valence-electron chi connectivity index (χ3n) is 4.50. The predicted octanol–water partition coefficient (Wildman–Crippen LogP) is 0.396. The van der Waals surface area contributed by atoms with E-state index in [-0.39, 0.29) is 12.3 Å². The zero-order valence-corrected chi connectivity index (χ0v) is 16.6. The highest BCUT2D eigenvalue weighted by molar-refractivity contribution is 5.91. The number of unbranched alkanes of at least 4 members (excludes halogenated alkanes) is 1. The van der Waals surface area contributed by atoms with Crippen molar-refractivity contribution in [1.82, 2.24) is 10.6 Å². The van der Waals surface area contributed by atoms with E-state index in [1.54, 1.807) is 24.3 Å². The summed E-state index contributed by atoms with van der Waals surface area (Å²) < 4.78 is 0. The first-order chi connectivity index (χ1) is 13.3. The highest BCUT2D eigenvalue weighted by atomic mass is 16.4. The molecule has 0 bridgehead atoms. The molecule has 2 amide bonds. The number of carboxylic acid groups (broad SMARTS) is 1. The van der Waals surface area contributed by atoms with Gasteiger partial charge in [0.2, 0.25) is 11.8 Å². The van der Waals surface area contributed by atoms with Crippen LogP contribution in [0, 0.1) is 5.92 Å². The normalized spacial score (nSPS) is 14.2. The minimum absolute atomic E-state index is 0.0856. The van der Waals surface area contributed by atoms with Gasteiger partial charge in [0.25, 0.3) is 0 Å². The van der Waals surface area contributed by atoms with Crippen LogP contribution in [0.2, 0.25) is 0 Å². The van der Waals surface area contributed by atoms with E-state index < -0.39 is 35.9 Å². The van der Waals surface area contributed by atoms with Crippen molar-refractivity contribution in [2.45, 2.75) is 57.7 Å². The molecule has 28 heavy (non-hydrogen) atoms. The number of nitrogens with one attached hydrogen (secondary N) is 2. The Kier molecular flexibility index (Phi) is 10.2. The summed E-state index contributed by atoms with van der Waals surface area (Å²) in [6.07, 6.45) is 1.83. The van der Waals surface area contributed by atoms with E-state index in [9.17, 15) is 19.5 Å². The Balaban J connectivity index is 2.83. The maximum Gasteiger partial charge on any atom is 0.326 e. The lowest BCUT2D eigenvalue weighted by Crippen LogP contribution is -2.55. The quantitative estimate of drug-likeness (QED) is 0.325. The largest absolute Gasteiger partial charge is 0.480 e. The third-order valence-corrected chi connectivity index (χ3v) is 4.50. The van der Waals surface area contributed by atoms with Crippen LogP contribution in [0.4, 0.5) is 0 Å². The molecule has 0 spiro atoms. The second-order valence-electron chi connectivity index (χ2n) is 7.20. The molecule has 0 aliphatic carbocycles. The number of aliphatic carboxylic acids is 1. The summed E-state index contributed by atoms with van der Waals surface area (Å²) >= 11 is 0. The predicted molar refractivity (Wildman–Crippen MR) is 107 cm³/mol. The summed E-state index contributed by atoms with van der Waals surface area (Å²) in [4.78, 5) is 36.6. The molecule has 8 heteroatoms. The molecule has 0 saturated carbocycles. The standard InChI is InChI=1S/C20H32N4O4/c1-13(2)17(22)19(26)23-15(10-6-7-11-21)18(25)24-16(20(27)28)12-14-8-4-3-5-9-14/h3-5,8-9,13,15-17H,6-7,10-12,21-22H2,1-2H3,(H,23,26)(H,24,25)(H,27,28)/t15-,16-,17-/m0/s1. The van der Waals surface area contributed by atoms with Crippen LogP contribution in [-0.2, 0) is 20.8 Å². The Bertz CT molecular complexity index is 636. The summed E-state index contributed by atoms with van der Waals surface area (Å²) in [5.74, 6) is -2.19. The van der Waals surface area contributed by atoms with Crippen LogP contribution in [-0.4, -0.2) is 47.6 Å². The van der Waals surface area contributed by atoms with Gasteiger partial charge >= 0.3 is 5.97 Å². The van der Waals surface area contributed by atoms with Crippen LogP contribution in [0.25, 0.3) is 0 Å². The Morgan fingerprint density at radius 2 is 1.61 bits per heavy atom. The van der Waals surface area contributed by atoms with E-state index in [4.69, 9.17) is 11.5 Å². The molecule has 156 valence electrons. The number of carboxylic acids is 1. The van der Waals surface area contributed by atoms with Crippen molar-refractivity contribution >= 4 is 17.8 Å². The van der Waals surface area contributed by atoms with Gasteiger partial charge in [0.1, 0.15) is 12.1 Å².